The van der Waals surface area contributed by atoms with Gasteiger partial charge in [-0.05, 0) is 25.3 Å². The lowest BCUT2D eigenvalue weighted by Gasteiger charge is -2.11. The monoisotopic (exact) mass is 430 g/mol. The summed E-state index contributed by atoms with van der Waals surface area (Å²) < 4.78 is 0. The highest BCUT2D eigenvalue weighted by Crippen LogP contribution is 2.10. The third-order valence-corrected chi connectivity index (χ3v) is 4.01. The minimum atomic E-state index is 0. The van der Waals surface area contributed by atoms with Crippen molar-refractivity contribution in [3.8, 4) is 0 Å². The molecule has 0 unspecified atom stereocenters. The molecule has 0 saturated heterocycles. The number of nitrogens with zero attached hydrogens (tertiary/aromatic N) is 2. The van der Waals surface area contributed by atoms with Crippen molar-refractivity contribution in [3.05, 3.63) is 52.0 Å². The highest BCUT2D eigenvalue weighted by Gasteiger charge is 2.01. The molecule has 22 heavy (non-hydrogen) atoms. The number of aryl methyl sites for hydroxylation is 2. The maximum absolute atomic E-state index is 4.25. The molecule has 0 bridgehead atoms. The standard InChI is InChI=1S/C16H22N4S.HI/c1-13-19-11-15(21-13)12-20-16(17-2)18-10-6-9-14-7-4-3-5-8-14;/h3-5,7-8,11H,6,9-10,12H2,1-2H3,(H2,17,18,20);1H. The van der Waals surface area contributed by atoms with Gasteiger partial charge in [-0.25, -0.2) is 4.98 Å². The van der Waals surface area contributed by atoms with Crippen molar-refractivity contribution in [2.24, 2.45) is 4.99 Å². The van der Waals surface area contributed by atoms with E-state index in [1.54, 1.807) is 18.4 Å². The number of aliphatic imine (C=N–C) groups is 1. The molecule has 0 amide bonds. The van der Waals surface area contributed by atoms with Gasteiger partial charge in [-0.15, -0.1) is 35.3 Å². The van der Waals surface area contributed by atoms with Gasteiger partial charge in [0.05, 0.1) is 11.6 Å². The largest absolute Gasteiger partial charge is 0.356 e. The zero-order valence-corrected chi connectivity index (χ0v) is 16.2. The van der Waals surface area contributed by atoms with Crippen LogP contribution in [0.25, 0.3) is 0 Å². The van der Waals surface area contributed by atoms with Gasteiger partial charge < -0.3 is 10.6 Å². The molecule has 4 nitrogen and oxygen atoms in total. The summed E-state index contributed by atoms with van der Waals surface area (Å²) in [7, 11) is 1.80. The Morgan fingerprint density at radius 3 is 2.64 bits per heavy atom. The number of benzene rings is 1. The predicted molar refractivity (Wildman–Crippen MR) is 105 cm³/mol. The first-order chi connectivity index (χ1) is 10.3. The van der Waals surface area contributed by atoms with Crippen molar-refractivity contribution in [2.75, 3.05) is 13.6 Å². The molecule has 2 aromatic rings. The molecular formula is C16H23IN4S. The van der Waals surface area contributed by atoms with Crippen molar-refractivity contribution in [1.29, 1.82) is 0 Å². The van der Waals surface area contributed by atoms with E-state index in [2.05, 4.69) is 50.9 Å². The van der Waals surface area contributed by atoms with Gasteiger partial charge in [-0.2, -0.15) is 0 Å². The van der Waals surface area contributed by atoms with E-state index in [4.69, 9.17) is 0 Å². The first kappa shape index (κ1) is 18.9. The van der Waals surface area contributed by atoms with Crippen molar-refractivity contribution >= 4 is 41.3 Å². The van der Waals surface area contributed by atoms with Crippen LogP contribution in [-0.2, 0) is 13.0 Å². The second-order valence-electron chi connectivity index (χ2n) is 4.79. The fourth-order valence-electron chi connectivity index (χ4n) is 2.02. The van der Waals surface area contributed by atoms with E-state index in [1.807, 2.05) is 13.1 Å². The first-order valence-corrected chi connectivity index (χ1v) is 7.99. The van der Waals surface area contributed by atoms with Crippen LogP contribution in [0.4, 0.5) is 0 Å². The molecule has 0 aliphatic heterocycles. The number of hydrogen-bond donors (Lipinski definition) is 2. The zero-order chi connectivity index (χ0) is 14.9. The molecule has 1 heterocycles. The lowest BCUT2D eigenvalue weighted by molar-refractivity contribution is 0.743. The summed E-state index contributed by atoms with van der Waals surface area (Å²) in [6.07, 6.45) is 4.08. The Morgan fingerprint density at radius 1 is 1.23 bits per heavy atom. The van der Waals surface area contributed by atoms with E-state index in [9.17, 15) is 0 Å². The van der Waals surface area contributed by atoms with Gasteiger partial charge in [0.2, 0.25) is 0 Å². The van der Waals surface area contributed by atoms with E-state index in [-0.39, 0.29) is 24.0 Å². The van der Waals surface area contributed by atoms with Crippen molar-refractivity contribution in [2.45, 2.75) is 26.3 Å². The molecule has 0 radical (unpaired) electrons. The lowest BCUT2D eigenvalue weighted by Crippen LogP contribution is -2.37. The van der Waals surface area contributed by atoms with Crippen LogP contribution in [0.1, 0.15) is 21.9 Å². The minimum absolute atomic E-state index is 0. The summed E-state index contributed by atoms with van der Waals surface area (Å²) in [6.45, 7) is 3.70. The highest BCUT2D eigenvalue weighted by molar-refractivity contribution is 14.0. The Kier molecular flexibility index (Phi) is 9.07. The normalized spacial score (nSPS) is 10.9. The van der Waals surface area contributed by atoms with Gasteiger partial charge in [0.1, 0.15) is 0 Å². The Hall–Kier alpha value is -1.15. The second kappa shape index (κ2) is 10.6. The van der Waals surface area contributed by atoms with Crippen molar-refractivity contribution in [1.82, 2.24) is 15.6 Å². The number of thiazole rings is 1. The molecule has 1 aromatic heterocycles. The number of hydrogen-bond acceptors (Lipinski definition) is 3. The van der Waals surface area contributed by atoms with Gasteiger partial charge in [-0.1, -0.05) is 30.3 Å². The summed E-state index contributed by atoms with van der Waals surface area (Å²) in [5.41, 5.74) is 1.38. The number of aromatic nitrogens is 1. The Labute approximate surface area is 153 Å². The minimum Gasteiger partial charge on any atom is -0.356 e. The summed E-state index contributed by atoms with van der Waals surface area (Å²) in [5.74, 6) is 0.842. The van der Waals surface area contributed by atoms with E-state index in [0.29, 0.717) is 0 Å². The number of guanidine groups is 1. The topological polar surface area (TPSA) is 49.3 Å². The van der Waals surface area contributed by atoms with Crippen LogP contribution in [0.3, 0.4) is 0 Å². The third kappa shape index (κ3) is 6.74. The van der Waals surface area contributed by atoms with Crippen molar-refractivity contribution in [3.63, 3.8) is 0 Å². The quantitative estimate of drug-likeness (QED) is 0.320. The fourth-order valence-corrected chi connectivity index (χ4v) is 2.76. The molecule has 120 valence electrons. The molecule has 0 aliphatic rings. The van der Waals surface area contributed by atoms with Gasteiger partial charge in [-0.3, -0.25) is 4.99 Å². The van der Waals surface area contributed by atoms with Crippen LogP contribution in [0, 0.1) is 6.92 Å². The van der Waals surface area contributed by atoms with Gasteiger partial charge >= 0.3 is 0 Å². The molecule has 2 rings (SSSR count). The summed E-state index contributed by atoms with van der Waals surface area (Å²) in [4.78, 5) is 9.70. The molecule has 0 spiro atoms. The third-order valence-electron chi connectivity index (χ3n) is 3.10. The molecular weight excluding hydrogens is 407 g/mol. The van der Waals surface area contributed by atoms with E-state index < -0.39 is 0 Å². The number of halogens is 1. The average molecular weight is 430 g/mol. The lowest BCUT2D eigenvalue weighted by atomic mass is 10.1. The summed E-state index contributed by atoms with van der Waals surface area (Å²) in [5, 5.41) is 7.74. The molecule has 2 N–H and O–H groups in total. The second-order valence-corrected chi connectivity index (χ2v) is 6.11. The Bertz CT molecular complexity index is 569. The van der Waals surface area contributed by atoms with Crippen LogP contribution in [-0.4, -0.2) is 24.5 Å². The number of nitrogens with one attached hydrogen (secondary N) is 2. The fraction of sp³-hybridized carbons (Fsp3) is 0.375. The van der Waals surface area contributed by atoms with Gasteiger partial charge in [0.15, 0.2) is 5.96 Å². The molecule has 1 aromatic carbocycles. The summed E-state index contributed by atoms with van der Waals surface area (Å²) in [6, 6.07) is 10.5. The first-order valence-electron chi connectivity index (χ1n) is 7.17. The maximum Gasteiger partial charge on any atom is 0.191 e. The van der Waals surface area contributed by atoms with E-state index in [0.717, 1.165) is 36.9 Å². The van der Waals surface area contributed by atoms with Gasteiger partial charge in [0, 0.05) is 24.7 Å². The smallest absolute Gasteiger partial charge is 0.191 e. The maximum atomic E-state index is 4.25. The van der Waals surface area contributed by atoms with Crippen molar-refractivity contribution < 1.29 is 0 Å². The Morgan fingerprint density at radius 2 is 2.00 bits per heavy atom. The molecule has 0 aliphatic carbocycles. The molecule has 0 atom stereocenters. The van der Waals surface area contributed by atoms with Crippen LogP contribution in [0.15, 0.2) is 41.5 Å². The van der Waals surface area contributed by atoms with E-state index >= 15 is 0 Å². The van der Waals surface area contributed by atoms with Crippen LogP contribution < -0.4 is 10.6 Å². The predicted octanol–water partition coefficient (Wildman–Crippen LogP) is 3.37. The van der Waals surface area contributed by atoms with Crippen LogP contribution in [0.2, 0.25) is 0 Å². The summed E-state index contributed by atoms with van der Waals surface area (Å²) >= 11 is 1.71. The molecule has 6 heteroatoms. The molecule has 0 saturated carbocycles. The van der Waals surface area contributed by atoms with Gasteiger partial charge in [0.25, 0.3) is 0 Å². The van der Waals surface area contributed by atoms with Crippen LogP contribution >= 0.6 is 35.3 Å². The van der Waals surface area contributed by atoms with Crippen LogP contribution in [0.5, 0.6) is 0 Å². The zero-order valence-electron chi connectivity index (χ0n) is 13.0. The SMILES string of the molecule is CN=C(NCCCc1ccccc1)NCc1cnc(C)s1.I. The molecule has 0 fully saturated rings. The Balaban J connectivity index is 0.00000242. The number of rotatable bonds is 6. The highest BCUT2D eigenvalue weighted by atomic mass is 127. The van der Waals surface area contributed by atoms with E-state index in [1.165, 1.54) is 10.4 Å². The average Bonchev–Trinajstić information content (AvgIpc) is 2.93.